The zero-order valence-corrected chi connectivity index (χ0v) is 9.86. The lowest BCUT2D eigenvalue weighted by Gasteiger charge is -2.04. The number of oxazole rings is 1. The second-order valence-electron chi connectivity index (χ2n) is 3.47. The van der Waals surface area contributed by atoms with E-state index in [0.29, 0.717) is 11.4 Å². The van der Waals surface area contributed by atoms with Crippen molar-refractivity contribution in [2.45, 2.75) is 11.8 Å². The molecule has 17 heavy (non-hydrogen) atoms. The number of aromatic nitrogens is 1. The van der Waals surface area contributed by atoms with Crippen LogP contribution in [0.1, 0.15) is 5.69 Å². The van der Waals surface area contributed by atoms with Crippen LogP contribution in [0.3, 0.4) is 0 Å². The Morgan fingerprint density at radius 3 is 2.76 bits per heavy atom. The summed E-state index contributed by atoms with van der Waals surface area (Å²) in [6, 6.07) is 5.90. The van der Waals surface area contributed by atoms with Gasteiger partial charge in [0.1, 0.15) is 6.26 Å². The van der Waals surface area contributed by atoms with Crippen molar-refractivity contribution in [3.63, 3.8) is 0 Å². The Labute approximate surface area is 98.5 Å². The zero-order chi connectivity index (χ0) is 12.5. The molecule has 0 aliphatic heterocycles. The fourth-order valence-corrected chi connectivity index (χ4v) is 2.25. The first-order valence-electron chi connectivity index (χ1n) is 4.78. The number of nitrogens with one attached hydrogen (secondary N) is 1. The van der Waals surface area contributed by atoms with E-state index in [9.17, 15) is 8.42 Å². The first kappa shape index (κ1) is 11.5. The van der Waals surface area contributed by atoms with Gasteiger partial charge in [0.15, 0.2) is 0 Å². The van der Waals surface area contributed by atoms with Gasteiger partial charge in [0.2, 0.25) is 0 Å². The van der Waals surface area contributed by atoms with Crippen molar-refractivity contribution in [3.8, 4) is 0 Å². The van der Waals surface area contributed by atoms with Crippen LogP contribution in [0.25, 0.3) is 0 Å². The van der Waals surface area contributed by atoms with Crippen molar-refractivity contribution in [2.24, 2.45) is 0 Å². The molecule has 1 heterocycles. The SMILES string of the molecule is Cc1coc(NS(=O)(=O)c2cccc(N)c2)n1. The van der Waals surface area contributed by atoms with E-state index in [1.54, 1.807) is 19.1 Å². The highest BCUT2D eigenvalue weighted by molar-refractivity contribution is 7.92. The summed E-state index contributed by atoms with van der Waals surface area (Å²) in [5, 5.41) is 0. The van der Waals surface area contributed by atoms with E-state index < -0.39 is 10.0 Å². The monoisotopic (exact) mass is 253 g/mol. The number of nitrogen functional groups attached to an aromatic ring is 1. The van der Waals surface area contributed by atoms with Crippen molar-refractivity contribution in [3.05, 3.63) is 36.2 Å². The van der Waals surface area contributed by atoms with E-state index in [-0.39, 0.29) is 10.9 Å². The number of benzene rings is 1. The lowest BCUT2D eigenvalue weighted by Crippen LogP contribution is -2.13. The Morgan fingerprint density at radius 2 is 2.18 bits per heavy atom. The third-order valence-corrected chi connectivity index (χ3v) is 3.33. The summed E-state index contributed by atoms with van der Waals surface area (Å²) >= 11 is 0. The van der Waals surface area contributed by atoms with Crippen molar-refractivity contribution in [1.29, 1.82) is 0 Å². The molecule has 6 nitrogen and oxygen atoms in total. The molecule has 3 N–H and O–H groups in total. The highest BCUT2D eigenvalue weighted by Crippen LogP contribution is 2.17. The van der Waals surface area contributed by atoms with Crippen LogP contribution in [0.4, 0.5) is 11.7 Å². The molecule has 1 aromatic carbocycles. The molecule has 0 saturated heterocycles. The van der Waals surface area contributed by atoms with Gasteiger partial charge in [-0.3, -0.25) is 0 Å². The standard InChI is InChI=1S/C10H11N3O3S/c1-7-6-16-10(12-7)13-17(14,15)9-4-2-3-8(11)5-9/h2-6H,11H2,1H3,(H,12,13). The van der Waals surface area contributed by atoms with E-state index in [0.717, 1.165) is 0 Å². The lowest BCUT2D eigenvalue weighted by molar-refractivity contribution is 0.569. The van der Waals surface area contributed by atoms with E-state index in [1.807, 2.05) is 0 Å². The maximum Gasteiger partial charge on any atom is 0.309 e. The van der Waals surface area contributed by atoms with Gasteiger partial charge < -0.3 is 10.2 Å². The van der Waals surface area contributed by atoms with Crippen molar-refractivity contribution >= 4 is 21.7 Å². The van der Waals surface area contributed by atoms with Gasteiger partial charge in [-0.2, -0.15) is 4.98 Å². The molecule has 0 bridgehead atoms. The van der Waals surface area contributed by atoms with E-state index >= 15 is 0 Å². The third kappa shape index (κ3) is 2.56. The van der Waals surface area contributed by atoms with Crippen LogP contribution < -0.4 is 10.5 Å². The molecule has 90 valence electrons. The van der Waals surface area contributed by atoms with Crippen LogP contribution in [-0.2, 0) is 10.0 Å². The zero-order valence-electron chi connectivity index (χ0n) is 9.04. The van der Waals surface area contributed by atoms with E-state index in [1.165, 1.54) is 18.4 Å². The van der Waals surface area contributed by atoms with Crippen LogP contribution in [0.5, 0.6) is 0 Å². The summed E-state index contributed by atoms with van der Waals surface area (Å²) in [5.74, 6) is 0. The molecule has 1 aromatic heterocycles. The summed E-state index contributed by atoms with van der Waals surface area (Å²) in [7, 11) is -3.71. The highest BCUT2D eigenvalue weighted by atomic mass is 32.2. The van der Waals surface area contributed by atoms with Gasteiger partial charge in [0.25, 0.3) is 10.0 Å². The molecule has 0 unspecified atom stereocenters. The lowest BCUT2D eigenvalue weighted by atomic mass is 10.3. The number of hydrogen-bond donors (Lipinski definition) is 2. The summed E-state index contributed by atoms with van der Waals surface area (Å²) < 4.78 is 30.9. The topological polar surface area (TPSA) is 98.2 Å². The van der Waals surface area contributed by atoms with Gasteiger partial charge in [-0.25, -0.2) is 13.1 Å². The predicted octanol–water partition coefficient (Wildman–Crippen LogP) is 1.37. The largest absolute Gasteiger partial charge is 0.431 e. The molecule has 0 aliphatic carbocycles. The van der Waals surface area contributed by atoms with E-state index in [2.05, 4.69) is 9.71 Å². The van der Waals surface area contributed by atoms with Gasteiger partial charge in [-0.1, -0.05) is 6.07 Å². The molecule has 0 spiro atoms. The molecule has 0 aliphatic rings. The number of sulfonamides is 1. The number of nitrogens with zero attached hydrogens (tertiary/aromatic N) is 1. The van der Waals surface area contributed by atoms with Gasteiger partial charge >= 0.3 is 6.01 Å². The first-order chi connectivity index (χ1) is 7.97. The Bertz CT molecular complexity index is 634. The smallest absolute Gasteiger partial charge is 0.309 e. The van der Waals surface area contributed by atoms with Gasteiger partial charge in [0, 0.05) is 5.69 Å². The number of rotatable bonds is 3. The Morgan fingerprint density at radius 1 is 1.41 bits per heavy atom. The summed E-state index contributed by atoms with van der Waals surface area (Å²) in [6.45, 7) is 1.70. The van der Waals surface area contributed by atoms with Crippen molar-refractivity contribution in [2.75, 3.05) is 10.5 Å². The van der Waals surface area contributed by atoms with Crippen LogP contribution in [0.2, 0.25) is 0 Å². The normalized spacial score (nSPS) is 11.4. The Balaban J connectivity index is 2.31. The predicted molar refractivity (Wildman–Crippen MR) is 62.9 cm³/mol. The number of anilines is 2. The summed E-state index contributed by atoms with van der Waals surface area (Å²) in [6.07, 6.45) is 1.36. The molecular weight excluding hydrogens is 242 g/mol. The maximum atomic E-state index is 11.9. The quantitative estimate of drug-likeness (QED) is 0.805. The minimum atomic E-state index is -3.71. The molecule has 0 radical (unpaired) electrons. The number of hydrogen-bond acceptors (Lipinski definition) is 5. The molecule has 0 saturated carbocycles. The average Bonchev–Trinajstić information content (AvgIpc) is 2.63. The third-order valence-electron chi connectivity index (χ3n) is 2.01. The fourth-order valence-electron chi connectivity index (χ4n) is 1.26. The second kappa shape index (κ2) is 4.10. The first-order valence-corrected chi connectivity index (χ1v) is 6.26. The Kier molecular flexibility index (Phi) is 2.76. The molecule has 0 fully saturated rings. The van der Waals surface area contributed by atoms with Crippen LogP contribution in [0.15, 0.2) is 39.8 Å². The van der Waals surface area contributed by atoms with E-state index in [4.69, 9.17) is 10.2 Å². The van der Waals surface area contributed by atoms with Crippen LogP contribution >= 0.6 is 0 Å². The second-order valence-corrected chi connectivity index (χ2v) is 5.15. The Hall–Kier alpha value is -2.02. The molecule has 2 rings (SSSR count). The maximum absolute atomic E-state index is 11.9. The van der Waals surface area contributed by atoms with Gasteiger partial charge in [-0.05, 0) is 25.1 Å². The van der Waals surface area contributed by atoms with Crippen LogP contribution in [-0.4, -0.2) is 13.4 Å². The summed E-state index contributed by atoms with van der Waals surface area (Å²) in [4.78, 5) is 3.92. The average molecular weight is 253 g/mol. The molecule has 7 heteroatoms. The highest BCUT2D eigenvalue weighted by Gasteiger charge is 2.16. The molecule has 2 aromatic rings. The van der Waals surface area contributed by atoms with Crippen LogP contribution in [0, 0.1) is 6.92 Å². The van der Waals surface area contributed by atoms with Gasteiger partial charge in [-0.15, -0.1) is 0 Å². The number of nitrogens with two attached hydrogens (primary N) is 1. The molecule has 0 atom stereocenters. The fraction of sp³-hybridized carbons (Fsp3) is 0.100. The van der Waals surface area contributed by atoms with Crippen molar-refractivity contribution in [1.82, 2.24) is 4.98 Å². The molecule has 0 amide bonds. The molecular formula is C10H11N3O3S. The minimum absolute atomic E-state index is 0.0633. The van der Waals surface area contributed by atoms with Gasteiger partial charge in [0.05, 0.1) is 10.6 Å². The summed E-state index contributed by atoms with van der Waals surface area (Å²) in [5.41, 5.74) is 6.49. The van der Waals surface area contributed by atoms with Crippen molar-refractivity contribution < 1.29 is 12.8 Å². The minimum Gasteiger partial charge on any atom is -0.431 e. The number of aryl methyl sites for hydroxylation is 1.